The van der Waals surface area contributed by atoms with E-state index < -0.39 is 0 Å². The zero-order chi connectivity index (χ0) is 13.8. The third kappa shape index (κ3) is 2.73. The summed E-state index contributed by atoms with van der Waals surface area (Å²) in [5, 5.41) is 21.4. The van der Waals surface area contributed by atoms with Crippen LogP contribution in [-0.2, 0) is 19.5 Å². The number of rotatable bonds is 5. The van der Waals surface area contributed by atoms with E-state index in [1.54, 1.807) is 0 Å². The minimum atomic E-state index is -0.0623. The summed E-state index contributed by atoms with van der Waals surface area (Å²) in [6, 6.07) is 9.93. The second-order valence-electron chi connectivity index (χ2n) is 5.17. The van der Waals surface area contributed by atoms with Crippen LogP contribution in [0.3, 0.4) is 0 Å². The molecule has 3 rings (SSSR count). The molecule has 5 heteroatoms. The van der Waals surface area contributed by atoms with Crippen molar-refractivity contribution in [1.82, 2.24) is 20.1 Å². The highest BCUT2D eigenvalue weighted by Crippen LogP contribution is 2.16. The van der Waals surface area contributed by atoms with Crippen molar-refractivity contribution in [3.8, 4) is 0 Å². The van der Waals surface area contributed by atoms with Crippen molar-refractivity contribution in [2.24, 2.45) is 0 Å². The van der Waals surface area contributed by atoms with Gasteiger partial charge < -0.3 is 15.0 Å². The van der Waals surface area contributed by atoms with Gasteiger partial charge in [-0.2, -0.15) is 0 Å². The normalized spacial score (nSPS) is 15.8. The number of nitrogens with zero attached hydrogens (tertiary/aromatic N) is 3. The van der Waals surface area contributed by atoms with Gasteiger partial charge in [0.05, 0.1) is 19.2 Å². The highest BCUT2D eigenvalue weighted by Gasteiger charge is 2.17. The van der Waals surface area contributed by atoms with Gasteiger partial charge >= 0.3 is 0 Å². The van der Waals surface area contributed by atoms with E-state index in [1.807, 2.05) is 30.3 Å². The molecule has 20 heavy (non-hydrogen) atoms. The number of aryl methyl sites for hydroxylation is 1. The summed E-state index contributed by atoms with van der Waals surface area (Å²) in [6.45, 7) is 1.71. The molecule has 2 heterocycles. The van der Waals surface area contributed by atoms with Crippen LogP contribution in [0.2, 0.25) is 0 Å². The standard InChI is InChI=1S/C15H20N4O/c20-11-13(12-6-2-1-3-7-12)16-10-15-18-17-14-8-4-5-9-19(14)15/h1-3,6-7,13,16,20H,4-5,8-11H2. The van der Waals surface area contributed by atoms with E-state index in [1.165, 1.54) is 12.8 Å². The molecule has 2 N–H and O–H groups in total. The zero-order valence-corrected chi connectivity index (χ0v) is 11.5. The molecule has 0 amide bonds. The third-order valence-corrected chi connectivity index (χ3v) is 3.83. The topological polar surface area (TPSA) is 63.0 Å². The molecule has 1 aliphatic heterocycles. The monoisotopic (exact) mass is 272 g/mol. The maximum absolute atomic E-state index is 9.54. The first kappa shape index (κ1) is 13.3. The number of aromatic nitrogens is 3. The molecule has 0 fully saturated rings. The minimum Gasteiger partial charge on any atom is -0.394 e. The fourth-order valence-electron chi connectivity index (χ4n) is 2.69. The average molecular weight is 272 g/mol. The molecule has 0 saturated heterocycles. The van der Waals surface area contributed by atoms with Crippen molar-refractivity contribution < 1.29 is 5.11 Å². The molecule has 0 aliphatic carbocycles. The van der Waals surface area contributed by atoms with Gasteiger partial charge in [0, 0.05) is 13.0 Å². The van der Waals surface area contributed by atoms with Gasteiger partial charge in [0.25, 0.3) is 0 Å². The summed E-state index contributed by atoms with van der Waals surface area (Å²) >= 11 is 0. The van der Waals surface area contributed by atoms with Gasteiger partial charge in [-0.15, -0.1) is 10.2 Å². The van der Waals surface area contributed by atoms with Crippen LogP contribution in [0.5, 0.6) is 0 Å². The Morgan fingerprint density at radius 2 is 2.05 bits per heavy atom. The molecule has 0 radical (unpaired) electrons. The Morgan fingerprint density at radius 1 is 1.20 bits per heavy atom. The Bertz CT molecular complexity index is 552. The second kappa shape index (κ2) is 6.15. The van der Waals surface area contributed by atoms with Gasteiger partial charge in [-0.25, -0.2) is 0 Å². The number of hydrogen-bond acceptors (Lipinski definition) is 4. The Labute approximate surface area is 118 Å². The average Bonchev–Trinajstić information content (AvgIpc) is 2.92. The molecule has 5 nitrogen and oxygen atoms in total. The van der Waals surface area contributed by atoms with E-state index in [9.17, 15) is 5.11 Å². The minimum absolute atomic E-state index is 0.0623. The van der Waals surface area contributed by atoms with E-state index in [4.69, 9.17) is 0 Å². The van der Waals surface area contributed by atoms with Crippen LogP contribution in [-0.4, -0.2) is 26.5 Å². The van der Waals surface area contributed by atoms with Crippen LogP contribution < -0.4 is 5.32 Å². The highest BCUT2D eigenvalue weighted by molar-refractivity contribution is 5.19. The van der Waals surface area contributed by atoms with E-state index in [0.29, 0.717) is 6.54 Å². The smallest absolute Gasteiger partial charge is 0.147 e. The number of hydrogen-bond donors (Lipinski definition) is 2. The summed E-state index contributed by atoms with van der Waals surface area (Å²) in [5.41, 5.74) is 1.09. The molecule has 1 unspecified atom stereocenters. The summed E-state index contributed by atoms with van der Waals surface area (Å²) in [5.74, 6) is 2.06. The fourth-order valence-corrected chi connectivity index (χ4v) is 2.69. The van der Waals surface area contributed by atoms with Crippen LogP contribution in [0.4, 0.5) is 0 Å². The highest BCUT2D eigenvalue weighted by atomic mass is 16.3. The molecule has 1 aliphatic rings. The Morgan fingerprint density at radius 3 is 2.85 bits per heavy atom. The van der Waals surface area contributed by atoms with Crippen molar-refractivity contribution in [2.75, 3.05) is 6.61 Å². The lowest BCUT2D eigenvalue weighted by molar-refractivity contribution is 0.242. The predicted octanol–water partition coefficient (Wildman–Crippen LogP) is 1.44. The lowest BCUT2D eigenvalue weighted by Crippen LogP contribution is -2.26. The van der Waals surface area contributed by atoms with Gasteiger partial charge in [-0.1, -0.05) is 30.3 Å². The lowest BCUT2D eigenvalue weighted by atomic mass is 10.1. The Balaban J connectivity index is 1.68. The van der Waals surface area contributed by atoms with E-state index in [-0.39, 0.29) is 12.6 Å². The Kier molecular flexibility index (Phi) is 4.08. The molecular weight excluding hydrogens is 252 g/mol. The van der Waals surface area contributed by atoms with Gasteiger partial charge in [-0.05, 0) is 18.4 Å². The SMILES string of the molecule is OCC(NCc1nnc2n1CCCC2)c1ccccc1. The van der Waals surface area contributed by atoms with Crippen LogP contribution >= 0.6 is 0 Å². The maximum atomic E-state index is 9.54. The first-order valence-electron chi connectivity index (χ1n) is 7.18. The molecule has 1 aromatic heterocycles. The molecular formula is C15H20N4O. The van der Waals surface area contributed by atoms with Crippen molar-refractivity contribution in [3.63, 3.8) is 0 Å². The van der Waals surface area contributed by atoms with Gasteiger partial charge in [0.1, 0.15) is 11.6 Å². The van der Waals surface area contributed by atoms with Crippen molar-refractivity contribution in [3.05, 3.63) is 47.5 Å². The van der Waals surface area contributed by atoms with Gasteiger partial charge in [0.2, 0.25) is 0 Å². The molecule has 1 atom stereocenters. The number of nitrogens with one attached hydrogen (secondary N) is 1. The van der Waals surface area contributed by atoms with E-state index in [2.05, 4.69) is 20.1 Å². The molecule has 1 aromatic carbocycles. The van der Waals surface area contributed by atoms with Crippen molar-refractivity contribution >= 4 is 0 Å². The van der Waals surface area contributed by atoms with Gasteiger partial charge in [-0.3, -0.25) is 0 Å². The molecule has 0 spiro atoms. The van der Waals surface area contributed by atoms with Crippen LogP contribution in [0, 0.1) is 0 Å². The van der Waals surface area contributed by atoms with Crippen LogP contribution in [0.1, 0.15) is 36.1 Å². The zero-order valence-electron chi connectivity index (χ0n) is 11.5. The third-order valence-electron chi connectivity index (χ3n) is 3.83. The van der Waals surface area contributed by atoms with Crippen molar-refractivity contribution in [1.29, 1.82) is 0 Å². The van der Waals surface area contributed by atoms with Gasteiger partial charge in [0.15, 0.2) is 0 Å². The number of benzene rings is 1. The van der Waals surface area contributed by atoms with Crippen LogP contribution in [0.15, 0.2) is 30.3 Å². The molecule has 106 valence electrons. The first-order valence-corrected chi connectivity index (χ1v) is 7.18. The quantitative estimate of drug-likeness (QED) is 0.864. The predicted molar refractivity (Wildman–Crippen MR) is 76.1 cm³/mol. The van der Waals surface area contributed by atoms with Crippen molar-refractivity contribution in [2.45, 2.75) is 38.4 Å². The fraction of sp³-hybridized carbons (Fsp3) is 0.467. The molecule has 2 aromatic rings. The summed E-state index contributed by atoms with van der Waals surface area (Å²) in [7, 11) is 0. The largest absolute Gasteiger partial charge is 0.394 e. The number of fused-ring (bicyclic) bond motifs is 1. The Hall–Kier alpha value is -1.72. The van der Waals surface area contributed by atoms with Crippen LogP contribution in [0.25, 0.3) is 0 Å². The van der Waals surface area contributed by atoms with E-state index in [0.717, 1.165) is 30.2 Å². The summed E-state index contributed by atoms with van der Waals surface area (Å²) in [4.78, 5) is 0. The second-order valence-corrected chi connectivity index (χ2v) is 5.17. The summed E-state index contributed by atoms with van der Waals surface area (Å²) in [6.07, 6.45) is 3.42. The molecule has 0 saturated carbocycles. The summed E-state index contributed by atoms with van der Waals surface area (Å²) < 4.78 is 2.20. The molecule has 0 bridgehead atoms. The van der Waals surface area contributed by atoms with E-state index >= 15 is 0 Å². The maximum Gasteiger partial charge on any atom is 0.147 e. The lowest BCUT2D eigenvalue weighted by Gasteiger charge is -2.18. The number of aliphatic hydroxyl groups excluding tert-OH is 1. The first-order chi connectivity index (χ1) is 9.88. The number of aliphatic hydroxyl groups is 1.